The van der Waals surface area contributed by atoms with Crippen LogP contribution in [0.1, 0.15) is 36.9 Å². The molecule has 3 heteroatoms. The molecule has 0 radical (unpaired) electrons. The van der Waals surface area contributed by atoms with Crippen LogP contribution in [-0.4, -0.2) is 19.8 Å². The highest BCUT2D eigenvalue weighted by Crippen LogP contribution is 2.35. The van der Waals surface area contributed by atoms with Gasteiger partial charge in [-0.1, -0.05) is 12.1 Å². The van der Waals surface area contributed by atoms with Crippen molar-refractivity contribution in [3.63, 3.8) is 0 Å². The fourth-order valence-electron chi connectivity index (χ4n) is 2.28. The van der Waals surface area contributed by atoms with Crippen LogP contribution in [-0.2, 0) is 11.2 Å². The van der Waals surface area contributed by atoms with Crippen LogP contribution in [0.25, 0.3) is 0 Å². The molecule has 0 spiro atoms. The van der Waals surface area contributed by atoms with Gasteiger partial charge in [-0.2, -0.15) is 0 Å². The topological polar surface area (TPSA) is 44.5 Å². The van der Waals surface area contributed by atoms with Crippen molar-refractivity contribution in [2.45, 2.75) is 32.2 Å². The molecule has 3 nitrogen and oxygen atoms in total. The minimum atomic E-state index is 0.192. The molecule has 2 N–H and O–H groups in total. The normalized spacial score (nSPS) is 18.1. The summed E-state index contributed by atoms with van der Waals surface area (Å²) in [7, 11) is 0. The van der Waals surface area contributed by atoms with Crippen molar-refractivity contribution in [1.82, 2.24) is 0 Å². The Kier molecular flexibility index (Phi) is 4.40. The Labute approximate surface area is 103 Å². The van der Waals surface area contributed by atoms with Crippen molar-refractivity contribution < 1.29 is 9.47 Å². The van der Waals surface area contributed by atoms with Crippen LogP contribution in [0.3, 0.4) is 0 Å². The third-order valence-corrected chi connectivity index (χ3v) is 3.17. The number of rotatable bonds is 6. The zero-order chi connectivity index (χ0) is 12.1. The summed E-state index contributed by atoms with van der Waals surface area (Å²) >= 11 is 0. The third kappa shape index (κ3) is 2.99. The molecule has 0 saturated heterocycles. The van der Waals surface area contributed by atoms with Gasteiger partial charge in [-0.15, -0.1) is 0 Å². The van der Waals surface area contributed by atoms with Crippen molar-refractivity contribution in [1.29, 1.82) is 0 Å². The number of nitrogens with two attached hydrogens (primary N) is 1. The maximum absolute atomic E-state index is 6.03. The van der Waals surface area contributed by atoms with E-state index in [1.807, 2.05) is 19.1 Å². The molecule has 0 aliphatic heterocycles. The van der Waals surface area contributed by atoms with Gasteiger partial charge in [0.1, 0.15) is 5.75 Å². The monoisotopic (exact) mass is 235 g/mol. The number of fused-ring (bicyclic) bond motifs is 1. The zero-order valence-electron chi connectivity index (χ0n) is 10.4. The lowest BCUT2D eigenvalue weighted by Gasteiger charge is -2.11. The predicted octanol–water partition coefficient (Wildman–Crippen LogP) is 2.44. The van der Waals surface area contributed by atoms with Crippen LogP contribution >= 0.6 is 0 Å². The third-order valence-electron chi connectivity index (χ3n) is 3.17. The molecule has 1 atom stereocenters. The Hall–Kier alpha value is -1.06. The minimum Gasteiger partial charge on any atom is -0.493 e. The second kappa shape index (κ2) is 6.03. The van der Waals surface area contributed by atoms with Crippen LogP contribution in [0.5, 0.6) is 5.75 Å². The lowest BCUT2D eigenvalue weighted by atomic mass is 10.1. The Morgan fingerprint density at radius 1 is 1.35 bits per heavy atom. The lowest BCUT2D eigenvalue weighted by Crippen LogP contribution is -2.06. The van der Waals surface area contributed by atoms with E-state index in [0.717, 1.165) is 38.2 Å². The van der Waals surface area contributed by atoms with Crippen LogP contribution < -0.4 is 10.5 Å². The highest BCUT2D eigenvalue weighted by Gasteiger charge is 2.21. The van der Waals surface area contributed by atoms with Gasteiger partial charge in [-0.25, -0.2) is 0 Å². The summed E-state index contributed by atoms with van der Waals surface area (Å²) in [5, 5.41) is 0. The summed E-state index contributed by atoms with van der Waals surface area (Å²) in [6.45, 7) is 4.26. The summed E-state index contributed by atoms with van der Waals surface area (Å²) < 4.78 is 11.1. The Balaban J connectivity index is 1.89. The fourth-order valence-corrected chi connectivity index (χ4v) is 2.28. The van der Waals surface area contributed by atoms with Crippen molar-refractivity contribution in [3.8, 4) is 5.75 Å². The molecule has 1 aliphatic rings. The van der Waals surface area contributed by atoms with Crippen molar-refractivity contribution in [2.75, 3.05) is 19.8 Å². The lowest BCUT2D eigenvalue weighted by molar-refractivity contribution is 0.130. The molecular formula is C14H21NO2. The van der Waals surface area contributed by atoms with Gasteiger partial charge in [0.15, 0.2) is 0 Å². The zero-order valence-corrected chi connectivity index (χ0v) is 10.4. The van der Waals surface area contributed by atoms with E-state index in [4.69, 9.17) is 15.2 Å². The van der Waals surface area contributed by atoms with E-state index in [-0.39, 0.29) is 6.04 Å². The first kappa shape index (κ1) is 12.4. The Morgan fingerprint density at radius 2 is 2.24 bits per heavy atom. The molecule has 2 rings (SSSR count). The number of hydrogen-bond donors (Lipinski definition) is 1. The van der Waals surface area contributed by atoms with E-state index in [1.54, 1.807) is 0 Å². The van der Waals surface area contributed by atoms with E-state index in [0.29, 0.717) is 6.61 Å². The predicted molar refractivity (Wildman–Crippen MR) is 68.3 cm³/mol. The molecule has 0 bridgehead atoms. The van der Waals surface area contributed by atoms with Crippen LogP contribution in [0, 0.1) is 0 Å². The molecule has 1 aliphatic carbocycles. The average molecular weight is 235 g/mol. The highest BCUT2D eigenvalue weighted by molar-refractivity contribution is 5.44. The first-order valence-corrected chi connectivity index (χ1v) is 6.41. The van der Waals surface area contributed by atoms with E-state index in [9.17, 15) is 0 Å². The van der Waals surface area contributed by atoms with Gasteiger partial charge in [0.2, 0.25) is 0 Å². The fraction of sp³-hybridized carbons (Fsp3) is 0.571. The highest BCUT2D eigenvalue weighted by atomic mass is 16.5. The van der Waals surface area contributed by atoms with Gasteiger partial charge >= 0.3 is 0 Å². The standard InChI is InChI=1S/C14H21NO2/c1-2-16-9-4-10-17-14-6-3-5-11-12(14)7-8-13(11)15/h3,5-6,13H,2,4,7-10,15H2,1H3. The van der Waals surface area contributed by atoms with Crippen LogP contribution in [0.2, 0.25) is 0 Å². The molecule has 1 aromatic rings. The van der Waals surface area contributed by atoms with Crippen LogP contribution in [0.15, 0.2) is 18.2 Å². The first-order chi connectivity index (χ1) is 8.33. The molecule has 17 heavy (non-hydrogen) atoms. The number of hydrogen-bond acceptors (Lipinski definition) is 3. The Bertz CT molecular complexity index is 365. The summed E-state index contributed by atoms with van der Waals surface area (Å²) in [6.07, 6.45) is 3.01. The average Bonchev–Trinajstić information content (AvgIpc) is 2.72. The summed E-state index contributed by atoms with van der Waals surface area (Å²) in [4.78, 5) is 0. The molecule has 0 aromatic heterocycles. The van der Waals surface area contributed by atoms with E-state index < -0.39 is 0 Å². The summed E-state index contributed by atoms with van der Waals surface area (Å²) in [6, 6.07) is 6.37. The molecule has 1 aromatic carbocycles. The quantitative estimate of drug-likeness (QED) is 0.770. The second-order valence-corrected chi connectivity index (χ2v) is 4.37. The molecule has 0 amide bonds. The molecule has 94 valence electrons. The van der Waals surface area contributed by atoms with Crippen LogP contribution in [0.4, 0.5) is 0 Å². The second-order valence-electron chi connectivity index (χ2n) is 4.37. The van der Waals surface area contributed by atoms with E-state index >= 15 is 0 Å². The number of benzene rings is 1. The van der Waals surface area contributed by atoms with E-state index in [1.165, 1.54) is 11.1 Å². The summed E-state index contributed by atoms with van der Waals surface area (Å²) in [5.74, 6) is 1.01. The molecule has 0 saturated carbocycles. The van der Waals surface area contributed by atoms with Gasteiger partial charge in [0.25, 0.3) is 0 Å². The van der Waals surface area contributed by atoms with E-state index in [2.05, 4.69) is 6.07 Å². The molecular weight excluding hydrogens is 214 g/mol. The van der Waals surface area contributed by atoms with Gasteiger partial charge in [-0.05, 0) is 37.0 Å². The van der Waals surface area contributed by atoms with Crippen molar-refractivity contribution >= 4 is 0 Å². The molecule has 0 heterocycles. The Morgan fingerprint density at radius 3 is 3.06 bits per heavy atom. The summed E-state index contributed by atoms with van der Waals surface area (Å²) in [5.41, 5.74) is 8.59. The van der Waals surface area contributed by atoms with Gasteiger partial charge in [-0.3, -0.25) is 0 Å². The van der Waals surface area contributed by atoms with Crippen molar-refractivity contribution in [2.24, 2.45) is 5.73 Å². The molecule has 1 unspecified atom stereocenters. The minimum absolute atomic E-state index is 0.192. The molecule has 0 fully saturated rings. The smallest absolute Gasteiger partial charge is 0.122 e. The maximum atomic E-state index is 6.03. The van der Waals surface area contributed by atoms with Gasteiger partial charge in [0, 0.05) is 25.7 Å². The largest absolute Gasteiger partial charge is 0.493 e. The number of ether oxygens (including phenoxy) is 2. The maximum Gasteiger partial charge on any atom is 0.122 e. The first-order valence-electron chi connectivity index (χ1n) is 6.41. The SMILES string of the molecule is CCOCCCOc1cccc2c1CCC2N. The van der Waals surface area contributed by atoms with Gasteiger partial charge < -0.3 is 15.2 Å². The van der Waals surface area contributed by atoms with Gasteiger partial charge in [0.05, 0.1) is 6.61 Å². The van der Waals surface area contributed by atoms with Crippen molar-refractivity contribution in [3.05, 3.63) is 29.3 Å².